The van der Waals surface area contributed by atoms with E-state index in [9.17, 15) is 9.90 Å². The van der Waals surface area contributed by atoms with Gasteiger partial charge < -0.3 is 10.0 Å². The molecule has 0 unspecified atom stereocenters. The minimum Gasteiger partial charge on any atom is -0.380 e. The number of aromatic nitrogens is 2. The zero-order valence-electron chi connectivity index (χ0n) is 12.7. The van der Waals surface area contributed by atoms with Gasteiger partial charge in [0.1, 0.15) is 5.60 Å². The summed E-state index contributed by atoms with van der Waals surface area (Å²) in [5, 5.41) is 17.2. The van der Waals surface area contributed by atoms with Crippen LogP contribution in [0.15, 0.2) is 42.6 Å². The highest BCUT2D eigenvalue weighted by atomic mass is 32.2. The maximum Gasteiger partial charge on any atom is 0.227 e. The molecule has 0 spiro atoms. The number of aliphatic hydroxyl groups is 1. The Morgan fingerprint density at radius 1 is 1.26 bits per heavy atom. The molecule has 5 nitrogen and oxygen atoms in total. The van der Waals surface area contributed by atoms with Crippen LogP contribution in [0, 0.1) is 5.92 Å². The van der Waals surface area contributed by atoms with E-state index in [4.69, 9.17) is 0 Å². The first-order valence-corrected chi connectivity index (χ1v) is 8.96. The van der Waals surface area contributed by atoms with Crippen LogP contribution in [0.1, 0.15) is 17.2 Å². The number of aromatic amines is 1. The number of benzene rings is 1. The van der Waals surface area contributed by atoms with Gasteiger partial charge in [0, 0.05) is 23.6 Å². The van der Waals surface area contributed by atoms with Crippen molar-refractivity contribution in [2.75, 3.05) is 24.6 Å². The molecule has 0 aliphatic carbocycles. The fourth-order valence-electron chi connectivity index (χ4n) is 3.49. The Bertz CT molecular complexity index is 683. The van der Waals surface area contributed by atoms with Crippen LogP contribution >= 0.6 is 11.8 Å². The van der Waals surface area contributed by atoms with Crippen LogP contribution in [0.4, 0.5) is 0 Å². The van der Waals surface area contributed by atoms with Crippen molar-refractivity contribution in [2.45, 2.75) is 11.5 Å². The first-order valence-electron chi connectivity index (χ1n) is 7.81. The van der Waals surface area contributed by atoms with Crippen molar-refractivity contribution in [3.8, 4) is 0 Å². The summed E-state index contributed by atoms with van der Waals surface area (Å²) >= 11 is 1.84. The summed E-state index contributed by atoms with van der Waals surface area (Å²) in [6.07, 6.45) is 1.62. The van der Waals surface area contributed by atoms with Crippen LogP contribution in [0.5, 0.6) is 0 Å². The molecular weight excluding hydrogens is 310 g/mol. The van der Waals surface area contributed by atoms with Crippen molar-refractivity contribution in [2.24, 2.45) is 5.92 Å². The Labute approximate surface area is 139 Å². The number of rotatable bonds is 3. The minimum atomic E-state index is -0.972. The van der Waals surface area contributed by atoms with E-state index in [0.29, 0.717) is 18.8 Å². The summed E-state index contributed by atoms with van der Waals surface area (Å²) in [6, 6.07) is 12.0. The molecule has 1 aromatic carbocycles. The number of thioether (sulfide) groups is 1. The predicted octanol–water partition coefficient (Wildman–Crippen LogP) is 1.59. The zero-order valence-corrected chi connectivity index (χ0v) is 13.5. The van der Waals surface area contributed by atoms with Gasteiger partial charge in [0.15, 0.2) is 0 Å². The summed E-state index contributed by atoms with van der Waals surface area (Å²) in [5.41, 5.74) is 0.947. The fourth-order valence-corrected chi connectivity index (χ4v) is 4.93. The van der Waals surface area contributed by atoms with Gasteiger partial charge in [-0.2, -0.15) is 16.9 Å². The lowest BCUT2D eigenvalue weighted by Crippen LogP contribution is -2.62. The maximum absolute atomic E-state index is 12.8. The molecule has 23 heavy (non-hydrogen) atoms. The number of hydrogen-bond acceptors (Lipinski definition) is 4. The number of carbonyl (C=O) groups excluding carboxylic acids is 1. The molecule has 2 N–H and O–H groups in total. The summed E-state index contributed by atoms with van der Waals surface area (Å²) in [7, 11) is 0. The Hall–Kier alpha value is -1.79. The highest BCUT2D eigenvalue weighted by molar-refractivity contribution is 7.99. The van der Waals surface area contributed by atoms with E-state index in [1.165, 1.54) is 5.56 Å². The number of β-amino-alcohol motifs (C(OH)–C–C–N with tert-alkyl or cyclic N) is 1. The number of H-pyrrole nitrogens is 1. The van der Waals surface area contributed by atoms with Crippen molar-refractivity contribution in [3.05, 3.63) is 53.9 Å². The van der Waals surface area contributed by atoms with Gasteiger partial charge in [-0.05, 0) is 11.6 Å². The van der Waals surface area contributed by atoms with E-state index in [1.807, 2.05) is 30.0 Å². The molecule has 2 aromatic rings. The first-order chi connectivity index (χ1) is 11.2. The standard InChI is InChI=1S/C17H19N3O2S/c21-16(20-10-17(22,11-20)15-6-7-18-19-15)14-9-23-8-13(14)12-4-2-1-3-5-12/h1-7,13-14,22H,8-11H2,(H,18,19)/t13-,14+/m0/s1. The van der Waals surface area contributed by atoms with Gasteiger partial charge in [0.2, 0.25) is 5.91 Å². The smallest absolute Gasteiger partial charge is 0.227 e. The topological polar surface area (TPSA) is 69.2 Å². The van der Waals surface area contributed by atoms with Crippen LogP contribution in [0.3, 0.4) is 0 Å². The molecular formula is C17H19N3O2S. The van der Waals surface area contributed by atoms with Crippen molar-refractivity contribution in [1.82, 2.24) is 15.1 Å². The molecule has 2 saturated heterocycles. The summed E-state index contributed by atoms with van der Waals surface area (Å²) in [6.45, 7) is 0.688. The highest BCUT2D eigenvalue weighted by Gasteiger charge is 2.49. The van der Waals surface area contributed by atoms with E-state index in [1.54, 1.807) is 17.2 Å². The third-order valence-electron chi connectivity index (χ3n) is 4.84. The fraction of sp³-hybridized carbons (Fsp3) is 0.412. The second-order valence-electron chi connectivity index (χ2n) is 6.36. The second kappa shape index (κ2) is 5.69. The Morgan fingerprint density at radius 3 is 2.74 bits per heavy atom. The lowest BCUT2D eigenvalue weighted by Gasteiger charge is -2.47. The lowest BCUT2D eigenvalue weighted by molar-refractivity contribution is -0.161. The molecule has 3 heterocycles. The largest absolute Gasteiger partial charge is 0.380 e. The monoisotopic (exact) mass is 329 g/mol. The average Bonchev–Trinajstić information content (AvgIpc) is 3.23. The second-order valence-corrected chi connectivity index (χ2v) is 7.43. The Balaban J connectivity index is 1.46. The van der Waals surface area contributed by atoms with E-state index >= 15 is 0 Å². The van der Waals surface area contributed by atoms with Gasteiger partial charge in [0.05, 0.1) is 24.7 Å². The average molecular weight is 329 g/mol. The van der Waals surface area contributed by atoms with E-state index in [2.05, 4.69) is 22.3 Å². The molecule has 0 saturated carbocycles. The number of likely N-dealkylation sites (tertiary alicyclic amines) is 1. The van der Waals surface area contributed by atoms with E-state index < -0.39 is 5.60 Å². The number of nitrogens with one attached hydrogen (secondary N) is 1. The van der Waals surface area contributed by atoms with Crippen LogP contribution in [0.2, 0.25) is 0 Å². The molecule has 1 amide bonds. The normalized spacial score (nSPS) is 26.0. The molecule has 120 valence electrons. The van der Waals surface area contributed by atoms with Crippen LogP contribution < -0.4 is 0 Å². The van der Waals surface area contributed by atoms with E-state index in [0.717, 1.165) is 11.5 Å². The van der Waals surface area contributed by atoms with Gasteiger partial charge in [-0.15, -0.1) is 0 Å². The minimum absolute atomic E-state index is 0.00807. The molecule has 2 fully saturated rings. The number of nitrogens with zero attached hydrogens (tertiary/aromatic N) is 2. The van der Waals surface area contributed by atoms with Crippen molar-refractivity contribution in [3.63, 3.8) is 0 Å². The van der Waals surface area contributed by atoms with Crippen molar-refractivity contribution in [1.29, 1.82) is 0 Å². The zero-order chi connectivity index (χ0) is 15.9. The molecule has 2 aliphatic heterocycles. The van der Waals surface area contributed by atoms with Gasteiger partial charge in [-0.25, -0.2) is 0 Å². The molecule has 1 aromatic heterocycles. The quantitative estimate of drug-likeness (QED) is 0.897. The van der Waals surface area contributed by atoms with Gasteiger partial charge >= 0.3 is 0 Å². The summed E-state index contributed by atoms with van der Waals surface area (Å²) < 4.78 is 0. The van der Waals surface area contributed by atoms with Crippen LogP contribution in [-0.4, -0.2) is 50.7 Å². The highest BCUT2D eigenvalue weighted by Crippen LogP contribution is 2.41. The Kier molecular flexibility index (Phi) is 3.66. The van der Waals surface area contributed by atoms with E-state index in [-0.39, 0.29) is 17.7 Å². The third-order valence-corrected chi connectivity index (χ3v) is 6.03. The van der Waals surface area contributed by atoms with Gasteiger partial charge in [-0.1, -0.05) is 30.3 Å². The number of carbonyl (C=O) groups is 1. The van der Waals surface area contributed by atoms with Crippen LogP contribution in [-0.2, 0) is 10.4 Å². The Morgan fingerprint density at radius 2 is 2.04 bits per heavy atom. The van der Waals surface area contributed by atoms with Gasteiger partial charge in [-0.3, -0.25) is 9.89 Å². The summed E-state index contributed by atoms with van der Waals surface area (Å²) in [5.74, 6) is 2.28. The molecule has 2 aliphatic rings. The molecule has 2 atom stereocenters. The summed E-state index contributed by atoms with van der Waals surface area (Å²) in [4.78, 5) is 14.6. The van der Waals surface area contributed by atoms with Crippen molar-refractivity contribution < 1.29 is 9.90 Å². The molecule has 0 radical (unpaired) electrons. The van der Waals surface area contributed by atoms with Crippen LogP contribution in [0.25, 0.3) is 0 Å². The number of hydrogen-bond donors (Lipinski definition) is 2. The maximum atomic E-state index is 12.8. The predicted molar refractivity (Wildman–Crippen MR) is 89.1 cm³/mol. The SMILES string of the molecule is O=C([C@@H]1CSC[C@H]1c1ccccc1)N1CC(O)(c2ccn[nH]2)C1. The molecule has 6 heteroatoms. The first kappa shape index (κ1) is 14.8. The molecule has 0 bridgehead atoms. The molecule has 4 rings (SSSR count). The lowest BCUT2D eigenvalue weighted by atomic mass is 9.84. The number of amides is 1. The van der Waals surface area contributed by atoms with Crippen molar-refractivity contribution >= 4 is 17.7 Å². The third kappa shape index (κ3) is 2.56. The van der Waals surface area contributed by atoms with Gasteiger partial charge in [0.25, 0.3) is 0 Å².